The Labute approximate surface area is 105 Å². The fraction of sp³-hybridized carbons (Fsp3) is 0.333. The van der Waals surface area contributed by atoms with Crippen LogP contribution in [0, 0.1) is 6.92 Å². The van der Waals surface area contributed by atoms with Crippen molar-refractivity contribution in [3.63, 3.8) is 0 Å². The van der Waals surface area contributed by atoms with E-state index in [-0.39, 0.29) is 11.0 Å². The number of fused-ring (bicyclic) bond motifs is 1. The molecule has 0 bridgehead atoms. The van der Waals surface area contributed by atoms with Gasteiger partial charge in [-0.2, -0.15) is 0 Å². The van der Waals surface area contributed by atoms with Crippen molar-refractivity contribution in [1.29, 1.82) is 0 Å². The Hall–Kier alpha value is -1.00. The zero-order chi connectivity index (χ0) is 12.8. The van der Waals surface area contributed by atoms with Crippen LogP contribution in [0.25, 0.3) is 11.0 Å². The molecule has 1 aromatic heterocycles. The number of hydrogen-bond donors (Lipinski definition) is 0. The van der Waals surface area contributed by atoms with Gasteiger partial charge in [0.15, 0.2) is 0 Å². The average Bonchev–Trinajstić information content (AvgIpc) is 2.62. The quantitative estimate of drug-likeness (QED) is 0.782. The van der Waals surface area contributed by atoms with Gasteiger partial charge in [0, 0.05) is 22.1 Å². The van der Waals surface area contributed by atoms with Gasteiger partial charge in [-0.1, -0.05) is 26.0 Å². The van der Waals surface area contributed by atoms with E-state index in [4.69, 9.17) is 15.1 Å². The topological polar surface area (TPSA) is 47.3 Å². The summed E-state index contributed by atoms with van der Waals surface area (Å²) in [6.07, 6.45) is 0. The van der Waals surface area contributed by atoms with E-state index >= 15 is 0 Å². The van der Waals surface area contributed by atoms with Crippen LogP contribution < -0.4 is 0 Å². The molecule has 92 valence electrons. The molecule has 5 heteroatoms. The van der Waals surface area contributed by atoms with Gasteiger partial charge in [-0.05, 0) is 24.0 Å². The van der Waals surface area contributed by atoms with E-state index in [1.54, 1.807) is 0 Å². The van der Waals surface area contributed by atoms with Gasteiger partial charge in [-0.3, -0.25) is 0 Å². The van der Waals surface area contributed by atoms with Crippen LogP contribution in [0.2, 0.25) is 0 Å². The molecule has 0 fully saturated rings. The maximum Gasteiger partial charge on any atom is 0.294 e. The van der Waals surface area contributed by atoms with E-state index in [0.29, 0.717) is 5.58 Å². The lowest BCUT2D eigenvalue weighted by Gasteiger charge is -2.06. The Bertz CT molecular complexity index is 668. The molecule has 0 unspecified atom stereocenters. The molecule has 0 spiro atoms. The Morgan fingerprint density at radius 1 is 1.29 bits per heavy atom. The van der Waals surface area contributed by atoms with Crippen LogP contribution in [0.5, 0.6) is 0 Å². The maximum atomic E-state index is 11.3. The molecule has 17 heavy (non-hydrogen) atoms. The van der Waals surface area contributed by atoms with E-state index in [9.17, 15) is 8.42 Å². The monoisotopic (exact) mass is 272 g/mol. The van der Waals surface area contributed by atoms with E-state index in [0.717, 1.165) is 16.5 Å². The second-order valence-electron chi connectivity index (χ2n) is 4.37. The molecular formula is C12H13ClO3S. The SMILES string of the molecule is Cc1ccc(C(C)C)c2oc(S(=O)(=O)Cl)cc12. The largest absolute Gasteiger partial charge is 0.443 e. The van der Waals surface area contributed by atoms with E-state index in [1.165, 1.54) is 6.07 Å². The summed E-state index contributed by atoms with van der Waals surface area (Å²) >= 11 is 0. The van der Waals surface area contributed by atoms with Crippen LogP contribution in [0.4, 0.5) is 0 Å². The van der Waals surface area contributed by atoms with Gasteiger partial charge in [-0.15, -0.1) is 0 Å². The first kappa shape index (κ1) is 12.5. The number of rotatable bonds is 2. The smallest absolute Gasteiger partial charge is 0.294 e. The Morgan fingerprint density at radius 3 is 2.47 bits per heavy atom. The minimum atomic E-state index is -3.82. The molecule has 2 aromatic rings. The molecule has 1 heterocycles. The molecule has 1 aromatic carbocycles. The first-order valence-corrected chi connectivity index (χ1v) is 7.59. The van der Waals surface area contributed by atoms with Gasteiger partial charge >= 0.3 is 0 Å². The first-order chi connectivity index (χ1) is 7.80. The predicted molar refractivity (Wildman–Crippen MR) is 68.1 cm³/mol. The third kappa shape index (κ3) is 2.19. The van der Waals surface area contributed by atoms with Gasteiger partial charge in [0.1, 0.15) is 5.58 Å². The van der Waals surface area contributed by atoms with Crippen molar-refractivity contribution in [2.75, 3.05) is 0 Å². The molecule has 0 atom stereocenters. The summed E-state index contributed by atoms with van der Waals surface area (Å²) in [5.41, 5.74) is 2.57. The summed E-state index contributed by atoms with van der Waals surface area (Å²) < 4.78 is 27.9. The van der Waals surface area contributed by atoms with Gasteiger partial charge in [0.05, 0.1) is 0 Å². The Balaban J connectivity index is 2.83. The molecule has 0 aliphatic heterocycles. The van der Waals surface area contributed by atoms with Gasteiger partial charge in [0.2, 0.25) is 5.09 Å². The number of aryl methyl sites for hydroxylation is 1. The highest BCUT2D eigenvalue weighted by Crippen LogP contribution is 2.33. The van der Waals surface area contributed by atoms with Crippen molar-refractivity contribution in [3.05, 3.63) is 29.3 Å². The van der Waals surface area contributed by atoms with E-state index in [2.05, 4.69) is 0 Å². The van der Waals surface area contributed by atoms with Crippen LogP contribution in [0.3, 0.4) is 0 Å². The number of hydrogen-bond acceptors (Lipinski definition) is 3. The predicted octanol–water partition coefficient (Wildman–Crippen LogP) is 3.79. The minimum Gasteiger partial charge on any atom is -0.443 e. The highest BCUT2D eigenvalue weighted by Gasteiger charge is 2.19. The van der Waals surface area contributed by atoms with Crippen molar-refractivity contribution >= 4 is 30.7 Å². The third-order valence-corrected chi connectivity index (χ3v) is 3.91. The van der Waals surface area contributed by atoms with Gasteiger partial charge in [-0.25, -0.2) is 8.42 Å². The molecular weight excluding hydrogens is 260 g/mol. The summed E-state index contributed by atoms with van der Waals surface area (Å²) in [6, 6.07) is 5.40. The fourth-order valence-corrected chi connectivity index (χ4v) is 2.50. The van der Waals surface area contributed by atoms with Crippen molar-refractivity contribution in [2.45, 2.75) is 31.8 Å². The Morgan fingerprint density at radius 2 is 1.94 bits per heavy atom. The molecule has 0 aliphatic rings. The highest BCUT2D eigenvalue weighted by atomic mass is 35.7. The number of furan rings is 1. The summed E-state index contributed by atoms with van der Waals surface area (Å²) in [6.45, 7) is 5.97. The first-order valence-electron chi connectivity index (χ1n) is 5.28. The van der Waals surface area contributed by atoms with E-state index in [1.807, 2.05) is 32.9 Å². The van der Waals surface area contributed by atoms with Crippen LogP contribution in [-0.4, -0.2) is 8.42 Å². The molecule has 0 saturated heterocycles. The number of benzene rings is 1. The van der Waals surface area contributed by atoms with Crippen molar-refractivity contribution in [3.8, 4) is 0 Å². The normalized spacial score (nSPS) is 12.5. The van der Waals surface area contributed by atoms with Gasteiger partial charge in [0.25, 0.3) is 9.05 Å². The summed E-state index contributed by atoms with van der Waals surface area (Å²) in [5, 5.41) is 0.612. The van der Waals surface area contributed by atoms with Crippen molar-refractivity contribution in [1.82, 2.24) is 0 Å². The fourth-order valence-electron chi connectivity index (χ4n) is 1.83. The van der Waals surface area contributed by atoms with Crippen LogP contribution >= 0.6 is 10.7 Å². The van der Waals surface area contributed by atoms with E-state index < -0.39 is 9.05 Å². The van der Waals surface area contributed by atoms with Crippen molar-refractivity contribution < 1.29 is 12.8 Å². The number of halogens is 1. The highest BCUT2D eigenvalue weighted by molar-refractivity contribution is 8.13. The van der Waals surface area contributed by atoms with Crippen molar-refractivity contribution in [2.24, 2.45) is 0 Å². The lowest BCUT2D eigenvalue weighted by molar-refractivity contribution is 0.484. The van der Waals surface area contributed by atoms with Crippen LogP contribution in [0.1, 0.15) is 30.9 Å². The molecule has 0 amide bonds. The summed E-state index contributed by atoms with van der Waals surface area (Å²) in [7, 11) is 1.47. The summed E-state index contributed by atoms with van der Waals surface area (Å²) in [5.74, 6) is 0.259. The molecule has 0 N–H and O–H groups in total. The van der Waals surface area contributed by atoms with Crippen LogP contribution in [-0.2, 0) is 9.05 Å². The molecule has 2 rings (SSSR count). The molecule has 0 saturated carbocycles. The van der Waals surface area contributed by atoms with Gasteiger partial charge < -0.3 is 4.42 Å². The van der Waals surface area contributed by atoms with Crippen LogP contribution in [0.15, 0.2) is 27.7 Å². The zero-order valence-electron chi connectivity index (χ0n) is 9.82. The lowest BCUT2D eigenvalue weighted by atomic mass is 9.99. The zero-order valence-corrected chi connectivity index (χ0v) is 11.4. The molecule has 0 radical (unpaired) electrons. The lowest BCUT2D eigenvalue weighted by Crippen LogP contribution is -1.88. The average molecular weight is 273 g/mol. The standard InChI is InChI=1S/C12H13ClO3S/c1-7(2)9-5-4-8(3)10-6-11(16-12(9)10)17(13,14)15/h4-7H,1-3H3. The molecule has 3 nitrogen and oxygen atoms in total. The summed E-state index contributed by atoms with van der Waals surface area (Å²) in [4.78, 5) is 0. The Kier molecular flexibility index (Phi) is 2.96. The maximum absolute atomic E-state index is 11.3. The minimum absolute atomic E-state index is 0.189. The third-order valence-electron chi connectivity index (χ3n) is 2.77. The molecule has 0 aliphatic carbocycles. The second-order valence-corrected chi connectivity index (χ2v) is 6.87. The second kappa shape index (κ2) is 4.03.